The summed E-state index contributed by atoms with van der Waals surface area (Å²) in [6.07, 6.45) is 0.474. The molecule has 2 aromatic rings. The van der Waals surface area contributed by atoms with Crippen LogP contribution in [0.15, 0.2) is 42.5 Å². The third kappa shape index (κ3) is 5.64. The molecule has 0 saturated carbocycles. The highest BCUT2D eigenvalue weighted by molar-refractivity contribution is 6.34. The number of carbonyl (C=O) groups is 2. The molecule has 2 aromatic carbocycles. The maximum atomic E-state index is 12.4. The van der Waals surface area contributed by atoms with Gasteiger partial charge in [0.1, 0.15) is 5.75 Å². The molecule has 1 aliphatic rings. The lowest BCUT2D eigenvalue weighted by Crippen LogP contribution is -2.48. The van der Waals surface area contributed by atoms with Crippen molar-refractivity contribution in [3.05, 3.63) is 57.6 Å². The van der Waals surface area contributed by atoms with Crippen LogP contribution in [0.4, 0.5) is 17.1 Å². The molecule has 0 radical (unpaired) electrons. The van der Waals surface area contributed by atoms with E-state index < -0.39 is 4.92 Å². The zero-order chi connectivity index (χ0) is 22.4. The quantitative estimate of drug-likeness (QED) is 0.516. The second-order valence-corrected chi connectivity index (χ2v) is 7.35. The van der Waals surface area contributed by atoms with Crippen LogP contribution in [-0.4, -0.2) is 54.4 Å². The first-order chi connectivity index (χ1) is 14.9. The second kappa shape index (κ2) is 10.1. The van der Waals surface area contributed by atoms with Crippen LogP contribution in [0.5, 0.6) is 5.75 Å². The number of anilines is 2. The summed E-state index contributed by atoms with van der Waals surface area (Å²) in [5.74, 6) is 0.0844. The topological polar surface area (TPSA) is 105 Å². The van der Waals surface area contributed by atoms with Crippen LogP contribution in [0.3, 0.4) is 0 Å². The summed E-state index contributed by atoms with van der Waals surface area (Å²) in [5.41, 5.74) is 1.21. The highest BCUT2D eigenvalue weighted by Crippen LogP contribution is 2.34. The molecule has 1 fully saturated rings. The van der Waals surface area contributed by atoms with E-state index in [0.29, 0.717) is 54.7 Å². The Hall–Kier alpha value is -3.33. The Morgan fingerprint density at radius 1 is 1.13 bits per heavy atom. The number of ether oxygens (including phenoxy) is 1. The van der Waals surface area contributed by atoms with Gasteiger partial charge in [0, 0.05) is 44.7 Å². The number of piperazine rings is 1. The number of hydrogen-bond donors (Lipinski definition) is 1. The Kier molecular flexibility index (Phi) is 7.30. The van der Waals surface area contributed by atoms with E-state index in [1.54, 1.807) is 18.2 Å². The van der Waals surface area contributed by atoms with Gasteiger partial charge in [-0.25, -0.2) is 0 Å². The van der Waals surface area contributed by atoms with Crippen molar-refractivity contribution in [2.75, 3.05) is 43.0 Å². The van der Waals surface area contributed by atoms with E-state index >= 15 is 0 Å². The molecule has 3 rings (SSSR count). The Bertz CT molecular complexity index is 959. The molecule has 31 heavy (non-hydrogen) atoms. The normalized spacial score (nSPS) is 13.6. The third-order valence-electron chi connectivity index (χ3n) is 4.93. The number of hydrogen-bond acceptors (Lipinski definition) is 6. The third-order valence-corrected chi connectivity index (χ3v) is 5.23. The summed E-state index contributed by atoms with van der Waals surface area (Å²) in [6.45, 7) is 3.98. The van der Waals surface area contributed by atoms with Gasteiger partial charge in [0.25, 0.3) is 11.6 Å². The highest BCUT2D eigenvalue weighted by atomic mass is 35.5. The predicted molar refractivity (Wildman–Crippen MR) is 118 cm³/mol. The second-order valence-electron chi connectivity index (χ2n) is 6.95. The lowest BCUT2D eigenvalue weighted by molar-refractivity contribution is -0.384. The number of halogens is 1. The molecule has 0 aromatic heterocycles. The van der Waals surface area contributed by atoms with Crippen molar-refractivity contribution in [1.82, 2.24) is 4.90 Å². The SMILES string of the molecule is CCC(=O)N1CCN(c2c(Cl)cccc2NC(=O)COc2ccc([N+](=O)[O-])cc2)CC1. The molecule has 164 valence electrons. The van der Waals surface area contributed by atoms with Crippen molar-refractivity contribution >= 4 is 40.5 Å². The summed E-state index contributed by atoms with van der Waals surface area (Å²) in [4.78, 5) is 38.4. The summed E-state index contributed by atoms with van der Waals surface area (Å²) in [7, 11) is 0. The Balaban J connectivity index is 1.63. The van der Waals surface area contributed by atoms with E-state index in [-0.39, 0.29) is 24.1 Å². The van der Waals surface area contributed by atoms with Crippen LogP contribution in [0.2, 0.25) is 5.02 Å². The van der Waals surface area contributed by atoms with Gasteiger partial charge in [-0.15, -0.1) is 0 Å². The van der Waals surface area contributed by atoms with Crippen molar-refractivity contribution < 1.29 is 19.2 Å². The lowest BCUT2D eigenvalue weighted by Gasteiger charge is -2.37. The van der Waals surface area contributed by atoms with Crippen LogP contribution < -0.4 is 15.0 Å². The fourth-order valence-corrected chi connectivity index (χ4v) is 3.63. The molecule has 10 heteroatoms. The molecule has 2 amide bonds. The number of para-hydroxylation sites is 1. The number of rotatable bonds is 7. The minimum absolute atomic E-state index is 0.0545. The molecule has 9 nitrogen and oxygen atoms in total. The average molecular weight is 447 g/mol. The van der Waals surface area contributed by atoms with Crippen molar-refractivity contribution in [2.45, 2.75) is 13.3 Å². The van der Waals surface area contributed by atoms with Crippen molar-refractivity contribution in [2.24, 2.45) is 0 Å². The summed E-state index contributed by atoms with van der Waals surface area (Å²) in [5, 5.41) is 14.0. The predicted octanol–water partition coefficient (Wildman–Crippen LogP) is 3.32. The number of nitro groups is 1. The van der Waals surface area contributed by atoms with E-state index in [2.05, 4.69) is 10.2 Å². The number of carbonyl (C=O) groups excluding carboxylic acids is 2. The van der Waals surface area contributed by atoms with Gasteiger partial charge in [0.05, 0.1) is 21.3 Å². The molecular weight excluding hydrogens is 424 g/mol. The maximum Gasteiger partial charge on any atom is 0.269 e. The van der Waals surface area contributed by atoms with Crippen LogP contribution in [0.1, 0.15) is 13.3 Å². The van der Waals surface area contributed by atoms with Crippen LogP contribution in [0.25, 0.3) is 0 Å². The zero-order valence-electron chi connectivity index (χ0n) is 17.0. The Morgan fingerprint density at radius 3 is 2.42 bits per heavy atom. The van der Waals surface area contributed by atoms with Gasteiger partial charge in [0.2, 0.25) is 5.91 Å². The summed E-state index contributed by atoms with van der Waals surface area (Å²) < 4.78 is 5.42. The molecule has 0 aliphatic carbocycles. The van der Waals surface area contributed by atoms with E-state index in [9.17, 15) is 19.7 Å². The fraction of sp³-hybridized carbons (Fsp3) is 0.333. The average Bonchev–Trinajstić information content (AvgIpc) is 2.78. The number of nitro benzene ring substituents is 1. The molecule has 0 bridgehead atoms. The van der Waals surface area contributed by atoms with Crippen molar-refractivity contribution in [3.8, 4) is 5.75 Å². The summed E-state index contributed by atoms with van der Waals surface area (Å²) >= 11 is 6.43. The Labute approximate surface area is 184 Å². The number of nitrogens with one attached hydrogen (secondary N) is 1. The first kappa shape index (κ1) is 22.4. The molecule has 1 saturated heterocycles. The minimum Gasteiger partial charge on any atom is -0.484 e. The number of non-ortho nitro benzene ring substituents is 1. The van der Waals surface area contributed by atoms with Gasteiger partial charge in [-0.3, -0.25) is 19.7 Å². The van der Waals surface area contributed by atoms with Gasteiger partial charge in [0.15, 0.2) is 6.61 Å². The van der Waals surface area contributed by atoms with Crippen molar-refractivity contribution in [3.63, 3.8) is 0 Å². The van der Waals surface area contributed by atoms with Crippen LogP contribution >= 0.6 is 11.6 Å². The van der Waals surface area contributed by atoms with Gasteiger partial charge in [-0.1, -0.05) is 24.6 Å². The molecular formula is C21H23ClN4O5. The van der Waals surface area contributed by atoms with Crippen molar-refractivity contribution in [1.29, 1.82) is 0 Å². The molecule has 1 heterocycles. The first-order valence-electron chi connectivity index (χ1n) is 9.87. The lowest BCUT2D eigenvalue weighted by atomic mass is 10.2. The van der Waals surface area contributed by atoms with E-state index in [4.69, 9.17) is 16.3 Å². The number of amides is 2. The Morgan fingerprint density at radius 2 is 1.81 bits per heavy atom. The maximum absolute atomic E-state index is 12.4. The zero-order valence-corrected chi connectivity index (χ0v) is 17.8. The van der Waals surface area contributed by atoms with Crippen LogP contribution in [-0.2, 0) is 9.59 Å². The molecule has 1 N–H and O–H groups in total. The standard InChI is InChI=1S/C21H23ClN4O5/c1-2-20(28)24-10-12-25(13-11-24)21-17(22)4-3-5-18(21)23-19(27)14-31-16-8-6-15(7-9-16)26(29)30/h3-9H,2,10-14H2,1H3,(H,23,27). The van der Waals surface area contributed by atoms with Gasteiger partial charge in [-0.05, 0) is 24.3 Å². The van der Waals surface area contributed by atoms with E-state index in [1.165, 1.54) is 24.3 Å². The largest absolute Gasteiger partial charge is 0.484 e. The highest BCUT2D eigenvalue weighted by Gasteiger charge is 2.24. The number of benzene rings is 2. The minimum atomic E-state index is -0.505. The van der Waals surface area contributed by atoms with Gasteiger partial charge in [-0.2, -0.15) is 0 Å². The van der Waals surface area contributed by atoms with E-state index in [1.807, 2.05) is 11.8 Å². The first-order valence-corrected chi connectivity index (χ1v) is 10.2. The molecule has 1 aliphatic heterocycles. The summed E-state index contributed by atoms with van der Waals surface area (Å²) in [6, 6.07) is 10.8. The monoisotopic (exact) mass is 446 g/mol. The molecule has 0 spiro atoms. The smallest absolute Gasteiger partial charge is 0.269 e. The van der Waals surface area contributed by atoms with Gasteiger partial charge >= 0.3 is 0 Å². The van der Waals surface area contributed by atoms with Crippen LogP contribution in [0, 0.1) is 10.1 Å². The van der Waals surface area contributed by atoms with E-state index in [0.717, 1.165) is 0 Å². The van der Waals surface area contributed by atoms with Gasteiger partial charge < -0.3 is 19.9 Å². The molecule has 0 atom stereocenters. The fourth-order valence-electron chi connectivity index (χ4n) is 3.34. The molecule has 0 unspecified atom stereocenters. The number of nitrogens with zero attached hydrogens (tertiary/aromatic N) is 3.